The van der Waals surface area contributed by atoms with Crippen LogP contribution in [0.2, 0.25) is 0 Å². The standard InChI is InChI=1S/C12H14N2O2.C11H12N3OP.2C2H6/c1-3-5-6-10(4-2)7-8-11-13-14-12(9-15)16-11;12-9-1-2-10(16)8(5-9)7-15-11-6-13-3-4-14-11;2*1-2/h3-6,9H,2,7-8H2,1H3;1-6H,7,12,16H2;2*1-2H3/b5-3-,10-6+;;;. The number of rotatable bonds is 9. The van der Waals surface area contributed by atoms with E-state index >= 15 is 0 Å². The van der Waals surface area contributed by atoms with Crippen molar-refractivity contribution in [3.63, 3.8) is 0 Å². The molecule has 8 nitrogen and oxygen atoms in total. The highest BCUT2D eigenvalue weighted by Gasteiger charge is 2.05. The second-order valence-electron chi connectivity index (χ2n) is 6.41. The number of hydrogen-bond donors (Lipinski definition) is 1. The molecule has 0 radical (unpaired) electrons. The third-order valence-corrected chi connectivity index (χ3v) is 4.62. The first-order valence-corrected chi connectivity index (χ1v) is 12.4. The number of carbonyl (C=O) groups excluding carboxylic acids is 1. The van der Waals surface area contributed by atoms with Gasteiger partial charge in [-0.3, -0.25) is 9.78 Å². The summed E-state index contributed by atoms with van der Waals surface area (Å²) in [6.07, 6.45) is 14.3. The molecule has 1 aromatic carbocycles. The lowest BCUT2D eigenvalue weighted by Crippen LogP contribution is -2.07. The number of nitrogens with two attached hydrogens (primary N) is 1. The summed E-state index contributed by atoms with van der Waals surface area (Å²) in [6.45, 7) is 14.1. The maximum Gasteiger partial charge on any atom is 0.280 e. The zero-order valence-electron chi connectivity index (χ0n) is 21.8. The molecule has 1 atom stereocenters. The Balaban J connectivity index is 0.000000598. The monoisotopic (exact) mass is 511 g/mol. The predicted octanol–water partition coefficient (Wildman–Crippen LogP) is 5.69. The summed E-state index contributed by atoms with van der Waals surface area (Å²) in [6, 6.07) is 5.68. The van der Waals surface area contributed by atoms with Gasteiger partial charge in [-0.2, -0.15) is 0 Å². The van der Waals surface area contributed by atoms with E-state index in [0.717, 1.165) is 28.5 Å². The number of nitrogens with zero attached hydrogens (tertiary/aromatic N) is 4. The minimum atomic E-state index is 0.0209. The van der Waals surface area contributed by atoms with Gasteiger partial charge in [0.2, 0.25) is 18.1 Å². The second-order valence-corrected chi connectivity index (χ2v) is 7.04. The van der Waals surface area contributed by atoms with Crippen molar-refractivity contribution in [3.8, 4) is 5.88 Å². The third kappa shape index (κ3) is 13.3. The first-order chi connectivity index (χ1) is 17.5. The van der Waals surface area contributed by atoms with E-state index in [1.807, 2.05) is 71.0 Å². The SMILES string of the molecule is C=C/C(=C\C=C/C)CCc1nnc(C=O)o1.CC.CC.Nc1ccc(P)c(COc2cnccn2)c1. The van der Waals surface area contributed by atoms with Gasteiger partial charge in [-0.15, -0.1) is 19.4 Å². The summed E-state index contributed by atoms with van der Waals surface area (Å²) < 4.78 is 10.5. The number of aryl methyl sites for hydroxylation is 1. The molecule has 2 aromatic heterocycles. The van der Waals surface area contributed by atoms with Crippen LogP contribution < -0.4 is 15.8 Å². The number of nitrogen functional groups attached to an aromatic ring is 1. The van der Waals surface area contributed by atoms with Crippen molar-refractivity contribution in [2.45, 2.75) is 54.1 Å². The maximum atomic E-state index is 10.3. The molecule has 0 spiro atoms. The van der Waals surface area contributed by atoms with Gasteiger partial charge in [-0.05, 0) is 41.9 Å². The molecule has 3 rings (SSSR count). The first kappa shape index (κ1) is 32.4. The summed E-state index contributed by atoms with van der Waals surface area (Å²) in [7, 11) is 2.65. The number of ether oxygens (including phenoxy) is 1. The predicted molar refractivity (Wildman–Crippen MR) is 150 cm³/mol. The van der Waals surface area contributed by atoms with Gasteiger partial charge in [0.15, 0.2) is 0 Å². The van der Waals surface area contributed by atoms with Gasteiger partial charge in [-0.1, -0.05) is 64.6 Å². The lowest BCUT2D eigenvalue weighted by atomic mass is 10.1. The van der Waals surface area contributed by atoms with Gasteiger partial charge in [0.05, 0.1) is 6.20 Å². The smallest absolute Gasteiger partial charge is 0.280 e. The Hall–Kier alpha value is -3.64. The molecule has 0 aliphatic heterocycles. The Morgan fingerprint density at radius 2 is 1.94 bits per heavy atom. The first-order valence-electron chi connectivity index (χ1n) is 11.8. The minimum absolute atomic E-state index is 0.0209. The molecule has 9 heteroatoms. The molecule has 0 bridgehead atoms. The maximum absolute atomic E-state index is 10.3. The van der Waals surface area contributed by atoms with Crippen molar-refractivity contribution in [1.29, 1.82) is 0 Å². The van der Waals surface area contributed by atoms with Crippen LogP contribution >= 0.6 is 9.24 Å². The van der Waals surface area contributed by atoms with Crippen LogP contribution in [0.5, 0.6) is 5.88 Å². The molecule has 1 unspecified atom stereocenters. The molecule has 194 valence electrons. The summed E-state index contributed by atoms with van der Waals surface area (Å²) in [4.78, 5) is 18.3. The van der Waals surface area contributed by atoms with Gasteiger partial charge in [0.25, 0.3) is 5.89 Å². The summed E-state index contributed by atoms with van der Waals surface area (Å²) in [5.41, 5.74) is 8.54. The third-order valence-electron chi connectivity index (χ3n) is 4.06. The molecular formula is C27H38N5O3P. The Morgan fingerprint density at radius 1 is 1.19 bits per heavy atom. The quantitative estimate of drug-likeness (QED) is 0.168. The van der Waals surface area contributed by atoms with Gasteiger partial charge in [0, 0.05) is 24.5 Å². The Labute approximate surface area is 217 Å². The lowest BCUT2D eigenvalue weighted by molar-refractivity contribution is 0.109. The van der Waals surface area contributed by atoms with Crippen LogP contribution in [0.3, 0.4) is 0 Å². The summed E-state index contributed by atoms with van der Waals surface area (Å²) >= 11 is 0. The number of anilines is 1. The molecule has 0 aliphatic rings. The van der Waals surface area contributed by atoms with E-state index in [4.69, 9.17) is 14.9 Å². The number of aldehydes is 1. The molecule has 0 aliphatic carbocycles. The number of carbonyl (C=O) groups is 1. The van der Waals surface area contributed by atoms with Crippen molar-refractivity contribution in [2.24, 2.45) is 0 Å². The van der Waals surface area contributed by atoms with E-state index in [1.54, 1.807) is 24.7 Å². The molecule has 0 saturated heterocycles. The summed E-state index contributed by atoms with van der Waals surface area (Å²) in [5, 5.41) is 8.37. The largest absolute Gasteiger partial charge is 0.472 e. The highest BCUT2D eigenvalue weighted by molar-refractivity contribution is 7.27. The van der Waals surface area contributed by atoms with E-state index < -0.39 is 0 Å². The van der Waals surface area contributed by atoms with Crippen LogP contribution in [0, 0.1) is 0 Å². The fraction of sp³-hybridized carbons (Fsp3) is 0.296. The van der Waals surface area contributed by atoms with Crippen molar-refractivity contribution in [3.05, 3.63) is 90.6 Å². The fourth-order valence-corrected chi connectivity index (χ4v) is 2.66. The fourth-order valence-electron chi connectivity index (χ4n) is 2.40. The highest BCUT2D eigenvalue weighted by atomic mass is 31.0. The van der Waals surface area contributed by atoms with Crippen molar-refractivity contribution in [1.82, 2.24) is 20.2 Å². The van der Waals surface area contributed by atoms with E-state index in [0.29, 0.717) is 31.1 Å². The van der Waals surface area contributed by atoms with Crippen LogP contribution in [-0.2, 0) is 13.0 Å². The summed E-state index contributed by atoms with van der Waals surface area (Å²) in [5.74, 6) is 0.997. The average molecular weight is 512 g/mol. The number of benzene rings is 1. The van der Waals surface area contributed by atoms with E-state index in [9.17, 15) is 4.79 Å². The molecule has 0 fully saturated rings. The van der Waals surface area contributed by atoms with Crippen LogP contribution in [-0.4, -0.2) is 26.5 Å². The number of hydrogen-bond acceptors (Lipinski definition) is 8. The lowest BCUT2D eigenvalue weighted by Gasteiger charge is -2.08. The van der Waals surface area contributed by atoms with E-state index in [1.165, 1.54) is 0 Å². The van der Waals surface area contributed by atoms with E-state index in [-0.39, 0.29) is 5.89 Å². The van der Waals surface area contributed by atoms with Gasteiger partial charge >= 0.3 is 0 Å². The van der Waals surface area contributed by atoms with E-state index in [2.05, 4.69) is 36.0 Å². The Morgan fingerprint density at radius 3 is 2.53 bits per heavy atom. The molecule has 0 saturated carbocycles. The van der Waals surface area contributed by atoms with Crippen molar-refractivity contribution < 1.29 is 13.9 Å². The molecule has 3 aromatic rings. The zero-order valence-corrected chi connectivity index (χ0v) is 23.0. The molecular weight excluding hydrogens is 473 g/mol. The zero-order chi connectivity index (χ0) is 27.2. The van der Waals surface area contributed by atoms with Gasteiger partial charge < -0.3 is 14.9 Å². The minimum Gasteiger partial charge on any atom is -0.472 e. The Bertz CT molecular complexity index is 1070. The molecule has 2 heterocycles. The second kappa shape index (κ2) is 20.7. The average Bonchev–Trinajstić information content (AvgIpc) is 3.41. The molecule has 0 amide bonds. The van der Waals surface area contributed by atoms with Crippen LogP contribution in [0.1, 0.15) is 63.2 Å². The van der Waals surface area contributed by atoms with Crippen molar-refractivity contribution in [2.75, 3.05) is 5.73 Å². The molecule has 2 N–H and O–H groups in total. The Kier molecular flexibility index (Phi) is 18.6. The van der Waals surface area contributed by atoms with Gasteiger partial charge in [0.1, 0.15) is 6.61 Å². The molecule has 36 heavy (non-hydrogen) atoms. The number of aromatic nitrogens is 4. The normalized spacial score (nSPS) is 10.1. The highest BCUT2D eigenvalue weighted by Crippen LogP contribution is 2.11. The number of allylic oxidation sites excluding steroid dienone is 5. The van der Waals surface area contributed by atoms with Gasteiger partial charge in [-0.25, -0.2) is 4.98 Å². The van der Waals surface area contributed by atoms with Crippen molar-refractivity contribution >= 4 is 26.5 Å². The van der Waals surface area contributed by atoms with Crippen LogP contribution in [0.25, 0.3) is 0 Å². The van der Waals surface area contributed by atoms with Crippen LogP contribution in [0.15, 0.2) is 77.7 Å². The topological polar surface area (TPSA) is 117 Å². The van der Waals surface area contributed by atoms with Crippen LogP contribution in [0.4, 0.5) is 5.69 Å².